The Balaban J connectivity index is 1.38. The molecule has 1 unspecified atom stereocenters. The van der Waals surface area contributed by atoms with E-state index in [0.29, 0.717) is 53.6 Å². The van der Waals surface area contributed by atoms with Gasteiger partial charge in [-0.3, -0.25) is 4.79 Å². The second kappa shape index (κ2) is 9.90. The molecule has 2 N–H and O–H groups in total. The number of benzene rings is 1. The fourth-order valence-corrected chi connectivity index (χ4v) is 4.34. The van der Waals surface area contributed by atoms with Crippen molar-refractivity contribution in [1.29, 1.82) is 0 Å². The molecule has 1 saturated heterocycles. The topological polar surface area (TPSA) is 103 Å². The highest BCUT2D eigenvalue weighted by Crippen LogP contribution is 2.34. The molecule has 0 aliphatic carbocycles. The molecule has 1 aliphatic heterocycles. The second-order valence-corrected chi connectivity index (χ2v) is 8.77. The van der Waals surface area contributed by atoms with Crippen LogP contribution in [0.25, 0.3) is 22.3 Å². The number of nitrogens with one attached hydrogen (secondary N) is 2. The van der Waals surface area contributed by atoms with E-state index < -0.39 is 5.82 Å². The van der Waals surface area contributed by atoms with E-state index in [1.165, 1.54) is 18.6 Å². The molecule has 1 fully saturated rings. The SMILES string of the molecule is CNC(=O)c1ccc(C(C)CNc2cc(-c3cn(C4COC4)c4ncc(F)cc34)ncn2)c(OC)c1. The standard InChI is InChI=1S/C26H27FN6O3/c1-15(19-5-4-16(26(34)28-2)6-23(19)35-3)9-29-24-8-22(31-14-32-24)21-11-33(18-12-36-13-18)25-20(21)7-17(27)10-30-25/h4-8,10-11,14-15,18H,9,12-13H2,1-3H3,(H,28,34)(H,29,31,32). The highest BCUT2D eigenvalue weighted by Gasteiger charge is 2.25. The van der Waals surface area contributed by atoms with Crippen molar-refractivity contribution in [1.82, 2.24) is 24.8 Å². The molecule has 4 heterocycles. The molecular formula is C26H27FN6O3. The molecular weight excluding hydrogens is 463 g/mol. The number of carbonyl (C=O) groups excluding carboxylic acids is 1. The zero-order chi connectivity index (χ0) is 25.2. The van der Waals surface area contributed by atoms with Crippen molar-refractivity contribution in [3.63, 3.8) is 0 Å². The summed E-state index contributed by atoms with van der Waals surface area (Å²) in [6.45, 7) is 3.84. The molecule has 0 saturated carbocycles. The lowest BCUT2D eigenvalue weighted by Crippen LogP contribution is -2.30. The van der Waals surface area contributed by atoms with E-state index in [9.17, 15) is 9.18 Å². The van der Waals surface area contributed by atoms with Crippen LogP contribution in [0.3, 0.4) is 0 Å². The monoisotopic (exact) mass is 490 g/mol. The Hall–Kier alpha value is -4.05. The molecule has 1 amide bonds. The van der Waals surface area contributed by atoms with Gasteiger partial charge in [0.25, 0.3) is 5.91 Å². The summed E-state index contributed by atoms with van der Waals surface area (Å²) < 4.78 is 27.0. The predicted molar refractivity (Wildman–Crippen MR) is 134 cm³/mol. The normalized spacial score (nSPS) is 14.3. The average molecular weight is 491 g/mol. The first kappa shape index (κ1) is 23.7. The van der Waals surface area contributed by atoms with Crippen LogP contribution in [0, 0.1) is 5.82 Å². The van der Waals surface area contributed by atoms with Gasteiger partial charge >= 0.3 is 0 Å². The van der Waals surface area contributed by atoms with E-state index in [1.54, 1.807) is 26.3 Å². The number of anilines is 1. The number of rotatable bonds is 8. The minimum absolute atomic E-state index is 0.0657. The number of halogens is 1. The van der Waals surface area contributed by atoms with Crippen molar-refractivity contribution in [2.45, 2.75) is 18.9 Å². The van der Waals surface area contributed by atoms with Gasteiger partial charge in [0.1, 0.15) is 29.4 Å². The van der Waals surface area contributed by atoms with Gasteiger partial charge < -0.3 is 24.7 Å². The van der Waals surface area contributed by atoms with Crippen LogP contribution in [0.1, 0.15) is 34.8 Å². The Morgan fingerprint density at radius 3 is 2.81 bits per heavy atom. The van der Waals surface area contributed by atoms with Gasteiger partial charge in [-0.1, -0.05) is 13.0 Å². The van der Waals surface area contributed by atoms with Gasteiger partial charge in [-0.15, -0.1) is 0 Å². The maximum absolute atomic E-state index is 14.1. The van der Waals surface area contributed by atoms with E-state index in [1.807, 2.05) is 22.9 Å². The Morgan fingerprint density at radius 1 is 1.25 bits per heavy atom. The molecule has 0 bridgehead atoms. The second-order valence-electron chi connectivity index (χ2n) is 8.77. The van der Waals surface area contributed by atoms with Crippen molar-refractivity contribution < 1.29 is 18.7 Å². The van der Waals surface area contributed by atoms with Crippen LogP contribution in [0.4, 0.5) is 10.2 Å². The molecule has 10 heteroatoms. The van der Waals surface area contributed by atoms with Crippen LogP contribution < -0.4 is 15.4 Å². The number of methoxy groups -OCH3 is 1. The van der Waals surface area contributed by atoms with E-state index in [4.69, 9.17) is 9.47 Å². The molecule has 5 rings (SSSR count). The summed E-state index contributed by atoms with van der Waals surface area (Å²) in [4.78, 5) is 25.1. The summed E-state index contributed by atoms with van der Waals surface area (Å²) in [5, 5.41) is 6.68. The lowest BCUT2D eigenvalue weighted by atomic mass is 9.98. The average Bonchev–Trinajstić information content (AvgIpc) is 3.23. The number of aromatic nitrogens is 4. The largest absolute Gasteiger partial charge is 0.496 e. The summed E-state index contributed by atoms with van der Waals surface area (Å²) in [6, 6.07) is 8.93. The molecule has 1 aliphatic rings. The zero-order valence-corrected chi connectivity index (χ0v) is 20.3. The van der Waals surface area contributed by atoms with Crippen molar-refractivity contribution in [2.75, 3.05) is 39.2 Å². The number of nitrogens with zero attached hydrogens (tertiary/aromatic N) is 4. The molecule has 186 valence electrons. The first-order valence-electron chi connectivity index (χ1n) is 11.7. The Kier molecular flexibility index (Phi) is 6.51. The van der Waals surface area contributed by atoms with E-state index in [-0.39, 0.29) is 17.9 Å². The highest BCUT2D eigenvalue weighted by atomic mass is 19.1. The van der Waals surface area contributed by atoms with Gasteiger partial charge in [0.2, 0.25) is 0 Å². The molecule has 0 spiro atoms. The van der Waals surface area contributed by atoms with Crippen LogP contribution in [0.5, 0.6) is 5.75 Å². The number of carbonyl (C=O) groups is 1. The van der Waals surface area contributed by atoms with Crippen molar-refractivity contribution in [2.24, 2.45) is 0 Å². The third-order valence-corrected chi connectivity index (χ3v) is 6.44. The summed E-state index contributed by atoms with van der Waals surface area (Å²) in [7, 11) is 3.19. The van der Waals surface area contributed by atoms with Gasteiger partial charge in [0.05, 0.1) is 38.3 Å². The molecule has 36 heavy (non-hydrogen) atoms. The predicted octanol–water partition coefficient (Wildman–Crippen LogP) is 3.79. The minimum atomic E-state index is -0.399. The number of amides is 1. The summed E-state index contributed by atoms with van der Waals surface area (Å²) in [5.74, 6) is 0.793. The summed E-state index contributed by atoms with van der Waals surface area (Å²) in [5.41, 5.74) is 3.67. The third-order valence-electron chi connectivity index (χ3n) is 6.44. The molecule has 9 nitrogen and oxygen atoms in total. The van der Waals surface area contributed by atoms with Gasteiger partial charge in [-0.2, -0.15) is 0 Å². The van der Waals surface area contributed by atoms with Crippen molar-refractivity contribution in [3.8, 4) is 17.0 Å². The van der Waals surface area contributed by atoms with Crippen LogP contribution in [-0.4, -0.2) is 59.3 Å². The van der Waals surface area contributed by atoms with E-state index >= 15 is 0 Å². The van der Waals surface area contributed by atoms with E-state index in [0.717, 1.165) is 11.1 Å². The number of pyridine rings is 1. The first-order valence-corrected chi connectivity index (χ1v) is 11.7. The van der Waals surface area contributed by atoms with Gasteiger partial charge in [0, 0.05) is 48.3 Å². The van der Waals surface area contributed by atoms with Gasteiger partial charge in [-0.25, -0.2) is 19.3 Å². The smallest absolute Gasteiger partial charge is 0.251 e. The third kappa shape index (κ3) is 4.47. The van der Waals surface area contributed by atoms with Crippen molar-refractivity contribution >= 4 is 22.8 Å². The van der Waals surface area contributed by atoms with Crippen LogP contribution in [-0.2, 0) is 4.74 Å². The van der Waals surface area contributed by atoms with Crippen molar-refractivity contribution in [3.05, 3.63) is 66.0 Å². The summed E-state index contributed by atoms with van der Waals surface area (Å²) in [6.07, 6.45) is 4.67. The van der Waals surface area contributed by atoms with Crippen LogP contribution in [0.15, 0.2) is 49.1 Å². The number of ether oxygens (including phenoxy) is 2. The van der Waals surface area contributed by atoms with Crippen LogP contribution >= 0.6 is 0 Å². The quantitative estimate of drug-likeness (QED) is 0.387. The number of hydrogen-bond donors (Lipinski definition) is 2. The lowest BCUT2D eigenvalue weighted by molar-refractivity contribution is -0.0215. The van der Waals surface area contributed by atoms with Crippen LogP contribution in [0.2, 0.25) is 0 Å². The molecule has 4 aromatic rings. The molecule has 1 atom stereocenters. The Bertz CT molecular complexity index is 1420. The Labute approximate surface area is 207 Å². The molecule has 1 aromatic carbocycles. The van der Waals surface area contributed by atoms with Gasteiger partial charge in [-0.05, 0) is 23.8 Å². The maximum atomic E-state index is 14.1. The summed E-state index contributed by atoms with van der Waals surface area (Å²) >= 11 is 0. The molecule has 0 radical (unpaired) electrons. The molecule has 3 aromatic heterocycles. The minimum Gasteiger partial charge on any atom is -0.496 e. The van der Waals surface area contributed by atoms with E-state index in [2.05, 4.69) is 32.5 Å². The first-order chi connectivity index (χ1) is 17.5. The fourth-order valence-electron chi connectivity index (χ4n) is 4.34. The highest BCUT2D eigenvalue weighted by molar-refractivity contribution is 5.94. The maximum Gasteiger partial charge on any atom is 0.251 e. The van der Waals surface area contributed by atoms with Gasteiger partial charge in [0.15, 0.2) is 0 Å². The number of hydrogen-bond acceptors (Lipinski definition) is 7. The lowest BCUT2D eigenvalue weighted by Gasteiger charge is -2.27. The zero-order valence-electron chi connectivity index (χ0n) is 20.3. The fraction of sp³-hybridized carbons (Fsp3) is 0.308. The Morgan fingerprint density at radius 2 is 2.08 bits per heavy atom. The number of fused-ring (bicyclic) bond motifs is 1.